The molecule has 1 unspecified atom stereocenters. The van der Waals surface area contributed by atoms with Gasteiger partial charge in [0.25, 0.3) is 0 Å². The maximum absolute atomic E-state index is 7.33. The summed E-state index contributed by atoms with van der Waals surface area (Å²) in [5.41, 5.74) is 9.88. The quantitative estimate of drug-likeness (QED) is 0.473. The Labute approximate surface area is 146 Å². The van der Waals surface area contributed by atoms with E-state index in [2.05, 4.69) is 41.8 Å². The number of aryl methyl sites for hydroxylation is 1. The highest BCUT2D eigenvalue weighted by atomic mass is 32.1. The molecule has 0 amide bonds. The van der Waals surface area contributed by atoms with Gasteiger partial charge in [0.05, 0.1) is 40.5 Å². The van der Waals surface area contributed by atoms with Crippen LogP contribution in [0.15, 0.2) is 36.0 Å². The zero-order valence-corrected chi connectivity index (χ0v) is 14.4. The minimum absolute atomic E-state index is 0.00949. The molecule has 9 nitrogen and oxygen atoms in total. The third kappa shape index (κ3) is 2.87. The molecular formula is C15H15N9S. The van der Waals surface area contributed by atoms with Gasteiger partial charge in [-0.05, 0) is 13.0 Å². The average molecular weight is 353 g/mol. The van der Waals surface area contributed by atoms with Gasteiger partial charge in [0, 0.05) is 23.7 Å². The molecule has 4 aromatic heterocycles. The molecule has 4 heterocycles. The zero-order valence-electron chi connectivity index (χ0n) is 13.6. The monoisotopic (exact) mass is 353 g/mol. The second-order valence-electron chi connectivity index (χ2n) is 5.60. The Morgan fingerprint density at radius 2 is 2.24 bits per heavy atom. The van der Waals surface area contributed by atoms with Crippen LogP contribution in [-0.4, -0.2) is 29.9 Å². The van der Waals surface area contributed by atoms with Crippen LogP contribution in [0.3, 0.4) is 0 Å². The number of aromatic nitrogens is 6. The predicted molar refractivity (Wildman–Crippen MR) is 95.1 cm³/mol. The second-order valence-corrected chi connectivity index (χ2v) is 6.72. The smallest absolute Gasteiger partial charge is 0.216 e. The van der Waals surface area contributed by atoms with Crippen LogP contribution in [0.2, 0.25) is 0 Å². The highest BCUT2D eigenvalue weighted by molar-refractivity contribution is 7.19. The fraction of sp³-hybridized carbons (Fsp3) is 0.200. The molecule has 25 heavy (non-hydrogen) atoms. The first-order valence-corrected chi connectivity index (χ1v) is 8.38. The number of hydrogen-bond acceptors (Lipinski definition) is 8. The number of fused-ring (bicyclic) bond motifs is 1. The van der Waals surface area contributed by atoms with E-state index in [1.165, 1.54) is 0 Å². The van der Waals surface area contributed by atoms with E-state index in [1.807, 2.05) is 26.4 Å². The molecule has 4 aromatic rings. The minimum Gasteiger partial charge on any atom is -0.360 e. The van der Waals surface area contributed by atoms with Gasteiger partial charge < -0.3 is 5.32 Å². The van der Waals surface area contributed by atoms with E-state index in [9.17, 15) is 0 Å². The van der Waals surface area contributed by atoms with Crippen molar-refractivity contribution in [2.24, 2.45) is 12.2 Å². The van der Waals surface area contributed by atoms with Crippen molar-refractivity contribution < 1.29 is 0 Å². The van der Waals surface area contributed by atoms with Gasteiger partial charge in [-0.25, -0.2) is 15.5 Å². The lowest BCUT2D eigenvalue weighted by molar-refractivity contribution is 0.768. The number of nitrogens with one attached hydrogen (secondary N) is 3. The first kappa shape index (κ1) is 15.4. The van der Waals surface area contributed by atoms with Crippen LogP contribution < -0.4 is 5.32 Å². The lowest BCUT2D eigenvalue weighted by atomic mass is 10.2. The van der Waals surface area contributed by atoms with E-state index in [0.717, 1.165) is 20.7 Å². The van der Waals surface area contributed by atoms with E-state index in [4.69, 9.17) is 5.53 Å². The second kappa shape index (κ2) is 6.06. The highest BCUT2D eigenvalue weighted by Crippen LogP contribution is 2.32. The van der Waals surface area contributed by atoms with Gasteiger partial charge in [0.15, 0.2) is 5.82 Å². The predicted octanol–water partition coefficient (Wildman–Crippen LogP) is 3.65. The van der Waals surface area contributed by atoms with Crippen LogP contribution in [-0.2, 0) is 7.05 Å². The van der Waals surface area contributed by atoms with Crippen LogP contribution in [0.4, 0.5) is 11.6 Å². The van der Waals surface area contributed by atoms with Crippen LogP contribution in [0, 0.1) is 5.53 Å². The van der Waals surface area contributed by atoms with Crippen LogP contribution in [0.5, 0.6) is 0 Å². The first-order valence-electron chi connectivity index (χ1n) is 7.57. The SMILES string of the molecule is CC(Nc1nc(-c2cnn(C)c2)cnc1N=N)c1cc2[nH]ncc2s1. The van der Waals surface area contributed by atoms with Gasteiger partial charge in [0.1, 0.15) is 0 Å². The van der Waals surface area contributed by atoms with E-state index >= 15 is 0 Å². The maximum Gasteiger partial charge on any atom is 0.216 e. The molecule has 10 heteroatoms. The molecule has 3 N–H and O–H groups in total. The topological polar surface area (TPSA) is 121 Å². The standard InChI is InChI=1S/C15H15N9S/c1-8(12-3-10-13(25-12)6-18-23-10)20-15-14(22-16)17-5-11(21-15)9-4-19-24(2)7-9/h3-8,16H,1-2H3,(H,18,23)(H,20,21). The molecule has 126 valence electrons. The molecule has 0 saturated heterocycles. The number of H-pyrrole nitrogens is 1. The summed E-state index contributed by atoms with van der Waals surface area (Å²) in [4.78, 5) is 9.94. The number of thiophene rings is 1. The lowest BCUT2D eigenvalue weighted by Crippen LogP contribution is -2.07. The summed E-state index contributed by atoms with van der Waals surface area (Å²) in [5.74, 6) is 0.724. The zero-order chi connectivity index (χ0) is 17.4. The third-order valence-corrected chi connectivity index (χ3v) is 5.04. The summed E-state index contributed by atoms with van der Waals surface area (Å²) in [6, 6.07) is 2.05. The van der Waals surface area contributed by atoms with Crippen molar-refractivity contribution in [2.45, 2.75) is 13.0 Å². The molecule has 0 saturated carbocycles. The first-order chi connectivity index (χ1) is 12.1. The molecule has 0 aliphatic heterocycles. The van der Waals surface area contributed by atoms with E-state index in [-0.39, 0.29) is 11.9 Å². The normalized spacial score (nSPS) is 12.4. The van der Waals surface area contributed by atoms with Crippen molar-refractivity contribution >= 4 is 33.2 Å². The Balaban J connectivity index is 1.65. The van der Waals surface area contributed by atoms with Crippen molar-refractivity contribution in [1.82, 2.24) is 29.9 Å². The molecule has 0 bridgehead atoms. The Morgan fingerprint density at radius 1 is 1.36 bits per heavy atom. The van der Waals surface area contributed by atoms with Crippen molar-refractivity contribution in [3.05, 3.63) is 35.7 Å². The number of nitrogens with zero attached hydrogens (tertiary/aromatic N) is 6. The Hall–Kier alpha value is -3.14. The number of hydrogen-bond donors (Lipinski definition) is 3. The van der Waals surface area contributed by atoms with E-state index < -0.39 is 0 Å². The molecule has 0 aliphatic rings. The minimum atomic E-state index is -0.00949. The van der Waals surface area contributed by atoms with Gasteiger partial charge in [0.2, 0.25) is 5.82 Å². The molecule has 1 atom stereocenters. The van der Waals surface area contributed by atoms with Crippen LogP contribution in [0.1, 0.15) is 17.8 Å². The summed E-state index contributed by atoms with van der Waals surface area (Å²) in [6.45, 7) is 2.03. The molecule has 0 aliphatic carbocycles. The third-order valence-electron chi connectivity index (χ3n) is 3.79. The van der Waals surface area contributed by atoms with Gasteiger partial charge in [-0.15, -0.1) is 16.5 Å². The molecule has 4 rings (SSSR count). The Bertz CT molecular complexity index is 1020. The van der Waals surface area contributed by atoms with Gasteiger partial charge >= 0.3 is 0 Å². The molecule has 0 radical (unpaired) electrons. The summed E-state index contributed by atoms with van der Waals surface area (Å²) < 4.78 is 2.81. The summed E-state index contributed by atoms with van der Waals surface area (Å²) in [5, 5.41) is 17.9. The number of aromatic amines is 1. The molecule has 0 spiro atoms. The fourth-order valence-electron chi connectivity index (χ4n) is 2.51. The highest BCUT2D eigenvalue weighted by Gasteiger charge is 2.15. The largest absolute Gasteiger partial charge is 0.360 e. The van der Waals surface area contributed by atoms with Crippen LogP contribution in [0.25, 0.3) is 21.5 Å². The van der Waals surface area contributed by atoms with Crippen molar-refractivity contribution in [3.8, 4) is 11.3 Å². The maximum atomic E-state index is 7.33. The van der Waals surface area contributed by atoms with Crippen molar-refractivity contribution in [3.63, 3.8) is 0 Å². The molecule has 0 aromatic carbocycles. The van der Waals surface area contributed by atoms with Gasteiger partial charge in [-0.3, -0.25) is 9.78 Å². The summed E-state index contributed by atoms with van der Waals surface area (Å²) in [7, 11) is 1.85. The lowest BCUT2D eigenvalue weighted by Gasteiger charge is -2.14. The molecule has 0 fully saturated rings. The summed E-state index contributed by atoms with van der Waals surface area (Å²) in [6.07, 6.45) is 7.00. The van der Waals surface area contributed by atoms with E-state index in [1.54, 1.807) is 28.4 Å². The Morgan fingerprint density at radius 3 is 2.96 bits per heavy atom. The van der Waals surface area contributed by atoms with Crippen molar-refractivity contribution in [1.29, 1.82) is 5.53 Å². The van der Waals surface area contributed by atoms with Crippen molar-refractivity contribution in [2.75, 3.05) is 5.32 Å². The molecular weight excluding hydrogens is 338 g/mol. The Kier molecular flexibility index (Phi) is 3.73. The summed E-state index contributed by atoms with van der Waals surface area (Å²) >= 11 is 1.65. The average Bonchev–Trinajstić information content (AvgIpc) is 3.30. The van der Waals surface area contributed by atoms with E-state index in [0.29, 0.717) is 11.5 Å². The fourth-order valence-corrected chi connectivity index (χ4v) is 3.50. The van der Waals surface area contributed by atoms with Crippen LogP contribution >= 0.6 is 11.3 Å². The van der Waals surface area contributed by atoms with Gasteiger partial charge in [-0.1, -0.05) is 0 Å². The number of anilines is 1. The number of rotatable bonds is 5. The van der Waals surface area contributed by atoms with Gasteiger partial charge in [-0.2, -0.15) is 10.2 Å².